The summed E-state index contributed by atoms with van der Waals surface area (Å²) in [5.41, 5.74) is 1.04. The first kappa shape index (κ1) is 17.9. The fourth-order valence-electron chi connectivity index (χ4n) is 3.27. The average molecular weight is 360 g/mol. The molecule has 0 spiro atoms. The molecule has 25 heavy (non-hydrogen) atoms. The number of rotatable bonds is 5. The SMILES string of the molecule is CCS(=O)(=O)N1CCC[C@@H](C(=O)NCc2ccc3ccccc3c2)C1. The highest BCUT2D eigenvalue weighted by Crippen LogP contribution is 2.20. The van der Waals surface area contributed by atoms with E-state index in [-0.39, 0.29) is 17.6 Å². The largest absolute Gasteiger partial charge is 0.352 e. The number of nitrogens with one attached hydrogen (secondary N) is 1. The summed E-state index contributed by atoms with van der Waals surface area (Å²) in [6.45, 7) is 2.91. The molecule has 1 amide bonds. The van der Waals surface area contributed by atoms with E-state index in [2.05, 4.69) is 23.5 Å². The van der Waals surface area contributed by atoms with E-state index < -0.39 is 10.0 Å². The normalized spacial score (nSPS) is 19.0. The van der Waals surface area contributed by atoms with Crippen molar-refractivity contribution in [1.29, 1.82) is 0 Å². The first-order valence-electron chi connectivity index (χ1n) is 8.73. The zero-order valence-corrected chi connectivity index (χ0v) is 15.3. The number of amides is 1. The molecular formula is C19H24N2O3S. The summed E-state index contributed by atoms with van der Waals surface area (Å²) >= 11 is 0. The first-order chi connectivity index (χ1) is 12.0. The number of hydrogen-bond donors (Lipinski definition) is 1. The maximum Gasteiger partial charge on any atom is 0.224 e. The van der Waals surface area contributed by atoms with Gasteiger partial charge < -0.3 is 5.32 Å². The molecule has 2 aromatic carbocycles. The van der Waals surface area contributed by atoms with Crippen molar-refractivity contribution in [3.63, 3.8) is 0 Å². The molecule has 3 rings (SSSR count). The molecule has 1 aliphatic heterocycles. The van der Waals surface area contributed by atoms with Crippen molar-refractivity contribution in [3.05, 3.63) is 48.0 Å². The smallest absolute Gasteiger partial charge is 0.224 e. The Morgan fingerprint density at radius 2 is 1.96 bits per heavy atom. The van der Waals surface area contributed by atoms with Crippen LogP contribution in [0, 0.1) is 5.92 Å². The maximum absolute atomic E-state index is 12.5. The molecule has 0 bridgehead atoms. The number of benzene rings is 2. The van der Waals surface area contributed by atoms with Crippen molar-refractivity contribution < 1.29 is 13.2 Å². The van der Waals surface area contributed by atoms with Crippen LogP contribution in [0.4, 0.5) is 0 Å². The third kappa shape index (κ3) is 4.19. The number of hydrogen-bond acceptors (Lipinski definition) is 3. The minimum absolute atomic E-state index is 0.0656. The Balaban J connectivity index is 1.61. The fourth-order valence-corrected chi connectivity index (χ4v) is 4.45. The summed E-state index contributed by atoms with van der Waals surface area (Å²) in [4.78, 5) is 12.5. The lowest BCUT2D eigenvalue weighted by atomic mass is 9.98. The van der Waals surface area contributed by atoms with Crippen LogP contribution in [-0.2, 0) is 21.4 Å². The number of carbonyl (C=O) groups is 1. The number of piperidine rings is 1. The summed E-state index contributed by atoms with van der Waals surface area (Å²) in [6.07, 6.45) is 1.46. The third-order valence-corrected chi connectivity index (χ3v) is 6.64. The van der Waals surface area contributed by atoms with Crippen LogP contribution >= 0.6 is 0 Å². The second kappa shape index (κ2) is 7.54. The predicted octanol–water partition coefficient (Wildman–Crippen LogP) is 2.52. The molecular weight excluding hydrogens is 336 g/mol. The quantitative estimate of drug-likeness (QED) is 0.891. The zero-order chi connectivity index (χ0) is 17.9. The maximum atomic E-state index is 12.5. The molecule has 1 N–H and O–H groups in total. The molecule has 0 saturated carbocycles. The Labute approximate surface area is 149 Å². The molecule has 1 saturated heterocycles. The zero-order valence-electron chi connectivity index (χ0n) is 14.4. The average Bonchev–Trinajstić information content (AvgIpc) is 2.66. The minimum Gasteiger partial charge on any atom is -0.352 e. The van der Waals surface area contributed by atoms with E-state index in [4.69, 9.17) is 0 Å². The Morgan fingerprint density at radius 1 is 1.20 bits per heavy atom. The number of fused-ring (bicyclic) bond motifs is 1. The highest BCUT2D eigenvalue weighted by Gasteiger charge is 2.31. The molecule has 5 nitrogen and oxygen atoms in total. The second-order valence-corrected chi connectivity index (χ2v) is 8.75. The second-order valence-electron chi connectivity index (χ2n) is 6.50. The molecule has 0 aromatic heterocycles. The van der Waals surface area contributed by atoms with E-state index in [1.54, 1.807) is 6.92 Å². The van der Waals surface area contributed by atoms with E-state index in [1.165, 1.54) is 9.69 Å². The summed E-state index contributed by atoms with van der Waals surface area (Å²) in [5.74, 6) is -0.252. The molecule has 1 fully saturated rings. The molecule has 1 heterocycles. The Kier molecular flexibility index (Phi) is 5.39. The van der Waals surface area contributed by atoms with Gasteiger partial charge in [0.15, 0.2) is 0 Å². The van der Waals surface area contributed by atoms with E-state index in [9.17, 15) is 13.2 Å². The highest BCUT2D eigenvalue weighted by molar-refractivity contribution is 7.89. The molecule has 1 aliphatic rings. The van der Waals surface area contributed by atoms with Crippen LogP contribution in [0.15, 0.2) is 42.5 Å². The van der Waals surface area contributed by atoms with Gasteiger partial charge in [-0.05, 0) is 42.2 Å². The molecule has 0 unspecified atom stereocenters. The Hall–Kier alpha value is -1.92. The van der Waals surface area contributed by atoms with Gasteiger partial charge in [0.05, 0.1) is 11.7 Å². The summed E-state index contributed by atoms with van der Waals surface area (Å²) in [7, 11) is -3.23. The number of carbonyl (C=O) groups excluding carboxylic acids is 1. The van der Waals surface area contributed by atoms with Crippen molar-refractivity contribution in [2.24, 2.45) is 5.92 Å². The van der Waals surface area contributed by atoms with Crippen molar-refractivity contribution in [2.75, 3.05) is 18.8 Å². The van der Waals surface area contributed by atoms with Crippen LogP contribution in [0.25, 0.3) is 10.8 Å². The van der Waals surface area contributed by atoms with Crippen molar-refractivity contribution >= 4 is 26.7 Å². The molecule has 2 aromatic rings. The fraction of sp³-hybridized carbons (Fsp3) is 0.421. The van der Waals surface area contributed by atoms with Gasteiger partial charge in [-0.3, -0.25) is 4.79 Å². The van der Waals surface area contributed by atoms with Gasteiger partial charge in [0.25, 0.3) is 0 Å². The predicted molar refractivity (Wildman–Crippen MR) is 99.6 cm³/mol. The molecule has 1 atom stereocenters. The molecule has 134 valence electrons. The van der Waals surface area contributed by atoms with E-state index in [0.717, 1.165) is 23.8 Å². The Bertz CT molecular complexity index is 864. The van der Waals surface area contributed by atoms with Crippen LogP contribution in [0.3, 0.4) is 0 Å². The lowest BCUT2D eigenvalue weighted by molar-refractivity contribution is -0.126. The van der Waals surface area contributed by atoms with Gasteiger partial charge in [0.2, 0.25) is 15.9 Å². The van der Waals surface area contributed by atoms with Gasteiger partial charge >= 0.3 is 0 Å². The lowest BCUT2D eigenvalue weighted by Crippen LogP contribution is -2.45. The molecule has 6 heteroatoms. The molecule has 0 radical (unpaired) electrons. The highest BCUT2D eigenvalue weighted by atomic mass is 32.2. The van der Waals surface area contributed by atoms with Crippen molar-refractivity contribution in [1.82, 2.24) is 9.62 Å². The standard InChI is InChI=1S/C19H24N2O3S/c1-2-25(23,24)21-11-5-8-18(14-21)19(22)20-13-15-9-10-16-6-3-4-7-17(16)12-15/h3-4,6-7,9-10,12,18H,2,5,8,11,13-14H2,1H3,(H,20,22)/t18-/m1/s1. The lowest BCUT2D eigenvalue weighted by Gasteiger charge is -2.30. The Morgan fingerprint density at radius 3 is 2.72 bits per heavy atom. The third-order valence-electron chi connectivity index (χ3n) is 4.79. The van der Waals surface area contributed by atoms with E-state index in [0.29, 0.717) is 19.6 Å². The van der Waals surface area contributed by atoms with Crippen molar-refractivity contribution in [3.8, 4) is 0 Å². The van der Waals surface area contributed by atoms with Crippen LogP contribution < -0.4 is 5.32 Å². The van der Waals surface area contributed by atoms with Gasteiger partial charge in [-0.1, -0.05) is 36.4 Å². The van der Waals surface area contributed by atoms with E-state index in [1.807, 2.05) is 24.3 Å². The van der Waals surface area contributed by atoms with Gasteiger partial charge in [-0.25, -0.2) is 12.7 Å². The summed E-state index contributed by atoms with van der Waals surface area (Å²) in [6, 6.07) is 14.2. The van der Waals surface area contributed by atoms with Crippen LogP contribution in [0.2, 0.25) is 0 Å². The van der Waals surface area contributed by atoms with Crippen molar-refractivity contribution in [2.45, 2.75) is 26.3 Å². The summed E-state index contributed by atoms with van der Waals surface area (Å²) < 4.78 is 25.5. The monoisotopic (exact) mass is 360 g/mol. The number of nitrogens with zero attached hydrogens (tertiary/aromatic N) is 1. The number of sulfonamides is 1. The minimum atomic E-state index is -3.23. The van der Waals surface area contributed by atoms with Crippen LogP contribution in [-0.4, -0.2) is 37.5 Å². The van der Waals surface area contributed by atoms with Gasteiger partial charge in [0.1, 0.15) is 0 Å². The van der Waals surface area contributed by atoms with Gasteiger partial charge in [-0.15, -0.1) is 0 Å². The van der Waals surface area contributed by atoms with Crippen LogP contribution in [0.1, 0.15) is 25.3 Å². The summed E-state index contributed by atoms with van der Waals surface area (Å²) in [5, 5.41) is 5.28. The molecule has 0 aliphatic carbocycles. The van der Waals surface area contributed by atoms with Gasteiger partial charge in [-0.2, -0.15) is 0 Å². The van der Waals surface area contributed by atoms with Crippen LogP contribution in [0.5, 0.6) is 0 Å². The van der Waals surface area contributed by atoms with Gasteiger partial charge in [0, 0.05) is 19.6 Å². The topological polar surface area (TPSA) is 66.5 Å². The first-order valence-corrected chi connectivity index (χ1v) is 10.3. The van der Waals surface area contributed by atoms with E-state index >= 15 is 0 Å².